The molecule has 22 heteroatoms. The van der Waals surface area contributed by atoms with E-state index in [-0.39, 0.29) is 72.2 Å². The molecule has 4 bridgehead atoms. The van der Waals surface area contributed by atoms with E-state index < -0.39 is 69.0 Å². The number of benzene rings is 2. The second-order valence-corrected chi connectivity index (χ2v) is 11.3. The van der Waals surface area contributed by atoms with Crippen LogP contribution in [0.1, 0.15) is 46.4 Å². The molecular weight excluding hydrogens is 654 g/mol. The summed E-state index contributed by atoms with van der Waals surface area (Å²) in [4.78, 5) is 48.7. The Hall–Kier alpha value is -2.34. The third-order valence-electron chi connectivity index (χ3n) is 6.89. The molecule has 224 valence electrons. The van der Waals surface area contributed by atoms with Crippen LogP contribution in [-0.4, -0.2) is 83.0 Å². The number of carbonyl (C=O) groups is 4. The predicted octanol–water partition coefficient (Wildman–Crippen LogP) is -7.98. The average Bonchev–Trinajstić information content (AvgIpc) is 3.30. The maximum atomic E-state index is 12.1. The van der Waals surface area contributed by atoms with Gasteiger partial charge in [-0.15, -0.1) is 8.57 Å². The van der Waals surface area contributed by atoms with Gasteiger partial charge in [0.25, 0.3) is 0 Å². The van der Waals surface area contributed by atoms with Crippen LogP contribution >= 0.6 is 0 Å². The summed E-state index contributed by atoms with van der Waals surface area (Å²) >= 11 is 0. The van der Waals surface area contributed by atoms with Gasteiger partial charge in [-0.05, 0) is 22.3 Å². The Morgan fingerprint density at radius 2 is 0.955 bits per heavy atom. The third kappa shape index (κ3) is 6.76. The summed E-state index contributed by atoms with van der Waals surface area (Å²) in [6, 6.07) is 6.32. The second-order valence-electron chi connectivity index (χ2n) is 9.26. The molecule has 2 aromatic carbocycles. The number of carbonyl (C=O) groups excluding carboxylic acids is 4. The molecule has 0 unspecified atom stereocenters. The van der Waals surface area contributed by atoms with Gasteiger partial charge in [-0.2, -0.15) is 27.0 Å². The third-order valence-corrected chi connectivity index (χ3v) is 7.59. The quantitative estimate of drug-likeness (QED) is 0.214. The minimum absolute atomic E-state index is 0. The number of fused-ring (bicyclic) bond motifs is 8. The fraction of sp³-hybridized carbons (Fsp3) is 0.273. The monoisotopic (exact) mass is 672 g/mol. The number of hydroxylamine groups is 4. The van der Waals surface area contributed by atoms with Crippen molar-refractivity contribution in [3.63, 3.8) is 0 Å². The van der Waals surface area contributed by atoms with Crippen LogP contribution in [0.3, 0.4) is 0 Å². The Bertz CT molecular complexity index is 1600. The van der Waals surface area contributed by atoms with E-state index in [0.717, 1.165) is 9.80 Å². The Labute approximate surface area is 293 Å². The molecule has 4 aliphatic heterocycles. The van der Waals surface area contributed by atoms with Crippen molar-refractivity contribution in [3.05, 3.63) is 70.8 Å². The van der Waals surface area contributed by atoms with Crippen molar-refractivity contribution < 1.29 is 123 Å². The minimum Gasteiger partial charge on any atom is -0.548 e. The topological polar surface area (TPSA) is 255 Å². The maximum absolute atomic E-state index is 12.1. The summed E-state index contributed by atoms with van der Waals surface area (Å²) in [7, 11) is -9.81. The van der Waals surface area contributed by atoms with Gasteiger partial charge in [-0.25, -0.2) is 9.59 Å². The zero-order chi connectivity index (χ0) is 30.7. The molecule has 4 aliphatic rings. The summed E-state index contributed by atoms with van der Waals surface area (Å²) in [5, 5.41) is 23.5. The van der Waals surface area contributed by atoms with Crippen LogP contribution in [0.4, 0.5) is 9.59 Å². The molecule has 2 fully saturated rings. The van der Waals surface area contributed by atoms with Gasteiger partial charge in [0.1, 0.15) is 12.1 Å². The molecule has 0 saturated carbocycles. The van der Waals surface area contributed by atoms with E-state index in [1.807, 2.05) is 0 Å². The van der Waals surface area contributed by atoms with Gasteiger partial charge in [-0.3, -0.25) is 9.11 Å². The van der Waals surface area contributed by atoms with Crippen LogP contribution in [0.2, 0.25) is 0 Å². The van der Waals surface area contributed by atoms with Crippen molar-refractivity contribution in [2.45, 2.75) is 24.2 Å². The van der Waals surface area contributed by atoms with E-state index in [2.05, 4.69) is 8.57 Å². The molecule has 6 rings (SSSR count). The molecule has 0 aliphatic carbocycles. The number of carboxylic acids is 2. The SMILES string of the molecule is O=C([O-])[C@H]1c2ccccc2[C@@H]2CN1C(=O)N2OS(=O)(=O)O.O=C([O-])[C@H]1c2ccccc2[C@@H]2CN1C(=O)N2OS(=O)(=O)O.[Na+].[Na+]. The molecule has 4 atom stereocenters. The smallest absolute Gasteiger partial charge is 0.548 e. The Balaban J connectivity index is 0.000000230. The van der Waals surface area contributed by atoms with E-state index in [9.17, 15) is 46.2 Å². The van der Waals surface area contributed by atoms with E-state index in [1.165, 1.54) is 12.1 Å². The Morgan fingerprint density at radius 1 is 0.659 bits per heavy atom. The molecular formula is C22H18N4Na2O14S2. The van der Waals surface area contributed by atoms with Crippen LogP contribution in [0.5, 0.6) is 0 Å². The van der Waals surface area contributed by atoms with Crippen molar-refractivity contribution in [2.75, 3.05) is 13.1 Å². The molecule has 4 heterocycles. The first-order valence-corrected chi connectivity index (χ1v) is 14.4. The van der Waals surface area contributed by atoms with Gasteiger partial charge in [-0.1, -0.05) is 48.5 Å². The average molecular weight is 673 g/mol. The summed E-state index contributed by atoms with van der Waals surface area (Å²) in [5.74, 6) is -2.97. The van der Waals surface area contributed by atoms with Gasteiger partial charge in [0.2, 0.25) is 0 Å². The van der Waals surface area contributed by atoms with E-state index >= 15 is 0 Å². The van der Waals surface area contributed by atoms with Crippen molar-refractivity contribution in [1.29, 1.82) is 0 Å². The van der Waals surface area contributed by atoms with Gasteiger partial charge in [0.05, 0.1) is 37.1 Å². The molecule has 2 N–H and O–H groups in total. The molecule has 0 radical (unpaired) electrons. The van der Waals surface area contributed by atoms with E-state index in [4.69, 9.17) is 9.11 Å². The summed E-state index contributed by atoms with van der Waals surface area (Å²) in [6.07, 6.45) is 0. The molecule has 2 saturated heterocycles. The zero-order valence-corrected chi connectivity index (χ0v) is 28.4. The fourth-order valence-electron chi connectivity index (χ4n) is 5.42. The number of carboxylic acid groups (broad SMARTS) is 2. The Morgan fingerprint density at radius 3 is 1.23 bits per heavy atom. The van der Waals surface area contributed by atoms with Crippen molar-refractivity contribution in [2.24, 2.45) is 0 Å². The molecule has 4 amide bonds. The molecule has 0 spiro atoms. The van der Waals surface area contributed by atoms with Gasteiger partial charge in [0, 0.05) is 0 Å². The molecule has 44 heavy (non-hydrogen) atoms. The number of amides is 4. The predicted molar refractivity (Wildman–Crippen MR) is 127 cm³/mol. The summed E-state index contributed by atoms with van der Waals surface area (Å²) in [5.41, 5.74) is 1.50. The largest absolute Gasteiger partial charge is 1.00 e. The number of urea groups is 2. The van der Waals surface area contributed by atoms with Crippen molar-refractivity contribution in [1.82, 2.24) is 19.9 Å². The van der Waals surface area contributed by atoms with E-state index in [0.29, 0.717) is 32.4 Å². The van der Waals surface area contributed by atoms with Crippen LogP contribution in [0, 0.1) is 0 Å². The number of nitrogens with zero attached hydrogens (tertiary/aromatic N) is 4. The molecule has 0 aromatic heterocycles. The van der Waals surface area contributed by atoms with Gasteiger partial charge in [0.15, 0.2) is 0 Å². The zero-order valence-electron chi connectivity index (χ0n) is 22.7. The first kappa shape index (κ1) is 36.1. The second kappa shape index (κ2) is 13.2. The summed E-state index contributed by atoms with van der Waals surface area (Å²) in [6.45, 7) is -0.159. The first-order valence-electron chi connectivity index (χ1n) is 11.7. The van der Waals surface area contributed by atoms with Gasteiger partial charge < -0.3 is 29.6 Å². The Kier molecular flexibility index (Phi) is 10.8. The van der Waals surface area contributed by atoms with Crippen LogP contribution in [-0.2, 0) is 39.0 Å². The van der Waals surface area contributed by atoms with Crippen molar-refractivity contribution >= 4 is 44.8 Å². The molecule has 18 nitrogen and oxygen atoms in total. The number of aliphatic carboxylic acids is 2. The number of hydrogen-bond donors (Lipinski definition) is 2. The number of hydrogen-bond acceptors (Lipinski definition) is 12. The van der Waals surface area contributed by atoms with Crippen LogP contribution in [0.25, 0.3) is 0 Å². The minimum atomic E-state index is -4.90. The maximum Gasteiger partial charge on any atom is 1.00 e. The fourth-order valence-corrected chi connectivity index (χ4v) is 6.16. The van der Waals surface area contributed by atoms with Crippen molar-refractivity contribution in [3.8, 4) is 0 Å². The van der Waals surface area contributed by atoms with Crippen LogP contribution < -0.4 is 69.3 Å². The summed E-state index contributed by atoms with van der Waals surface area (Å²) < 4.78 is 69.4. The van der Waals surface area contributed by atoms with Gasteiger partial charge >= 0.3 is 92.0 Å². The van der Waals surface area contributed by atoms with E-state index in [1.54, 1.807) is 36.4 Å². The van der Waals surface area contributed by atoms with Crippen LogP contribution in [0.15, 0.2) is 48.5 Å². The molecule has 2 aromatic rings. The standard InChI is InChI=1S/2C11H10N2O7S.2Na/c2*14-10(15)9-7-4-2-1-3-6(7)8-5-12(9)11(16)13(8)20-21(17,18)19;;/h2*1-4,8-9H,5H2,(H,14,15)(H,17,18,19);;/q;;2*+1/p-2/t2*8-,9+;;/m00../s1. The normalized spacial score (nSPS) is 23.0. The number of rotatable bonds is 6. The first-order chi connectivity index (χ1) is 19.6.